The molecule has 0 saturated heterocycles. The molecule has 1 amide bonds. The number of Topliss-reactive ketones (excluding diaryl/α,β-unsaturated/α-hetero) is 1. The zero-order valence-corrected chi connectivity index (χ0v) is 16.8. The Bertz CT molecular complexity index is 997. The van der Waals surface area contributed by atoms with Crippen LogP contribution in [-0.4, -0.2) is 25.4 Å². The predicted molar refractivity (Wildman–Crippen MR) is 111 cm³/mol. The number of nitrogens with one attached hydrogen (secondary N) is 1. The SMILES string of the molecule is COc1cc(C(C)=O)ccc1OCC(=O)Nc1cccc(COCc2ccco2)c1. The fraction of sp³-hybridized carbons (Fsp3) is 0.217. The summed E-state index contributed by atoms with van der Waals surface area (Å²) in [4.78, 5) is 23.7. The monoisotopic (exact) mass is 409 g/mol. The molecule has 1 N–H and O–H groups in total. The summed E-state index contributed by atoms with van der Waals surface area (Å²) in [5.74, 6) is 1.14. The van der Waals surface area contributed by atoms with Crippen molar-refractivity contribution in [2.45, 2.75) is 20.1 Å². The molecule has 0 aliphatic carbocycles. The van der Waals surface area contributed by atoms with Gasteiger partial charge in [0.1, 0.15) is 12.4 Å². The number of hydrogen-bond acceptors (Lipinski definition) is 6. The number of ether oxygens (including phenoxy) is 3. The molecule has 1 aromatic heterocycles. The number of furan rings is 1. The van der Waals surface area contributed by atoms with Crippen LogP contribution >= 0.6 is 0 Å². The summed E-state index contributed by atoms with van der Waals surface area (Å²) < 4.78 is 21.6. The summed E-state index contributed by atoms with van der Waals surface area (Å²) in [6.45, 7) is 2.04. The third-order valence-electron chi connectivity index (χ3n) is 4.23. The van der Waals surface area contributed by atoms with Crippen molar-refractivity contribution in [2.24, 2.45) is 0 Å². The highest BCUT2D eigenvalue weighted by Gasteiger charge is 2.11. The smallest absolute Gasteiger partial charge is 0.262 e. The molecule has 30 heavy (non-hydrogen) atoms. The highest BCUT2D eigenvalue weighted by atomic mass is 16.5. The number of methoxy groups -OCH3 is 1. The third-order valence-corrected chi connectivity index (χ3v) is 4.23. The summed E-state index contributed by atoms with van der Waals surface area (Å²) in [5.41, 5.74) is 2.07. The van der Waals surface area contributed by atoms with E-state index < -0.39 is 0 Å². The van der Waals surface area contributed by atoms with Crippen molar-refractivity contribution < 1.29 is 28.2 Å². The lowest BCUT2D eigenvalue weighted by Crippen LogP contribution is -2.20. The van der Waals surface area contributed by atoms with Gasteiger partial charge in [0, 0.05) is 11.3 Å². The number of rotatable bonds is 10. The van der Waals surface area contributed by atoms with Gasteiger partial charge in [-0.3, -0.25) is 9.59 Å². The zero-order valence-electron chi connectivity index (χ0n) is 16.8. The van der Waals surface area contributed by atoms with Crippen molar-refractivity contribution in [3.05, 3.63) is 77.7 Å². The van der Waals surface area contributed by atoms with Gasteiger partial charge in [-0.15, -0.1) is 0 Å². The van der Waals surface area contributed by atoms with Gasteiger partial charge in [-0.05, 0) is 55.0 Å². The van der Waals surface area contributed by atoms with E-state index in [9.17, 15) is 9.59 Å². The van der Waals surface area contributed by atoms with Crippen molar-refractivity contribution >= 4 is 17.4 Å². The average molecular weight is 409 g/mol. The minimum absolute atomic E-state index is 0.0781. The molecular weight excluding hydrogens is 386 g/mol. The van der Waals surface area contributed by atoms with Crippen LogP contribution in [0, 0.1) is 0 Å². The van der Waals surface area contributed by atoms with Crippen LogP contribution in [0.1, 0.15) is 28.6 Å². The topological polar surface area (TPSA) is 87.0 Å². The Morgan fingerprint density at radius 1 is 1.00 bits per heavy atom. The van der Waals surface area contributed by atoms with Gasteiger partial charge in [-0.25, -0.2) is 0 Å². The maximum atomic E-state index is 12.3. The quantitative estimate of drug-likeness (QED) is 0.505. The summed E-state index contributed by atoms with van der Waals surface area (Å²) in [7, 11) is 1.48. The lowest BCUT2D eigenvalue weighted by Gasteiger charge is -2.12. The van der Waals surface area contributed by atoms with Crippen LogP contribution in [0.5, 0.6) is 11.5 Å². The molecule has 0 unspecified atom stereocenters. The van der Waals surface area contributed by atoms with Crippen LogP contribution in [0.15, 0.2) is 65.3 Å². The van der Waals surface area contributed by atoms with Crippen LogP contribution in [0.4, 0.5) is 5.69 Å². The molecule has 7 nitrogen and oxygen atoms in total. The molecule has 0 spiro atoms. The standard InChI is InChI=1S/C23H23NO6/c1-16(25)18-8-9-21(22(12-18)27-2)30-15-23(26)24-19-6-3-5-17(11-19)13-28-14-20-7-4-10-29-20/h3-12H,13-15H2,1-2H3,(H,24,26). The van der Waals surface area contributed by atoms with E-state index in [1.807, 2.05) is 30.3 Å². The van der Waals surface area contributed by atoms with Gasteiger partial charge in [0.25, 0.3) is 5.91 Å². The van der Waals surface area contributed by atoms with Crippen LogP contribution < -0.4 is 14.8 Å². The first-order chi connectivity index (χ1) is 14.5. The van der Waals surface area contributed by atoms with Crippen molar-refractivity contribution in [1.82, 2.24) is 0 Å². The Labute approximate surface area is 174 Å². The van der Waals surface area contributed by atoms with E-state index in [0.717, 1.165) is 11.3 Å². The zero-order chi connectivity index (χ0) is 21.3. The van der Waals surface area contributed by atoms with Crippen molar-refractivity contribution in [2.75, 3.05) is 19.0 Å². The van der Waals surface area contributed by atoms with Gasteiger partial charge in [-0.2, -0.15) is 0 Å². The minimum Gasteiger partial charge on any atom is -0.493 e. The van der Waals surface area contributed by atoms with Crippen LogP contribution in [0.25, 0.3) is 0 Å². The maximum Gasteiger partial charge on any atom is 0.262 e. The summed E-state index contributed by atoms with van der Waals surface area (Å²) in [5, 5.41) is 2.79. The lowest BCUT2D eigenvalue weighted by molar-refractivity contribution is -0.118. The minimum atomic E-state index is -0.318. The summed E-state index contributed by atoms with van der Waals surface area (Å²) in [6, 6.07) is 15.9. The van der Waals surface area contributed by atoms with Crippen molar-refractivity contribution in [3.8, 4) is 11.5 Å². The number of carbonyl (C=O) groups is 2. The van der Waals surface area contributed by atoms with E-state index in [0.29, 0.717) is 36.0 Å². The molecule has 0 fully saturated rings. The third kappa shape index (κ3) is 5.96. The van der Waals surface area contributed by atoms with Gasteiger partial charge in [0.05, 0.1) is 20.0 Å². The molecule has 0 aliphatic heterocycles. The first kappa shape index (κ1) is 21.1. The molecule has 0 aliphatic rings. The van der Waals surface area contributed by atoms with Crippen LogP contribution in [-0.2, 0) is 22.7 Å². The lowest BCUT2D eigenvalue weighted by atomic mass is 10.1. The molecule has 7 heteroatoms. The average Bonchev–Trinajstić information content (AvgIpc) is 3.26. The molecule has 0 radical (unpaired) electrons. The Morgan fingerprint density at radius 3 is 2.60 bits per heavy atom. The van der Waals surface area contributed by atoms with Crippen molar-refractivity contribution in [3.63, 3.8) is 0 Å². The molecule has 0 atom stereocenters. The Morgan fingerprint density at radius 2 is 1.87 bits per heavy atom. The van der Waals surface area contributed by atoms with E-state index in [1.54, 1.807) is 30.5 Å². The second-order valence-corrected chi connectivity index (χ2v) is 6.53. The van der Waals surface area contributed by atoms with Gasteiger partial charge in [0.2, 0.25) is 0 Å². The molecule has 0 bridgehead atoms. The van der Waals surface area contributed by atoms with E-state index in [1.165, 1.54) is 14.0 Å². The van der Waals surface area contributed by atoms with Gasteiger partial charge < -0.3 is 23.9 Å². The summed E-state index contributed by atoms with van der Waals surface area (Å²) >= 11 is 0. The Kier molecular flexibility index (Phi) is 7.24. The van der Waals surface area contributed by atoms with Crippen molar-refractivity contribution in [1.29, 1.82) is 0 Å². The second-order valence-electron chi connectivity index (χ2n) is 6.53. The number of ketones is 1. The normalized spacial score (nSPS) is 10.5. The maximum absolute atomic E-state index is 12.3. The van der Waals surface area contributed by atoms with Crippen LogP contribution in [0.2, 0.25) is 0 Å². The fourth-order valence-electron chi connectivity index (χ4n) is 2.75. The molecule has 0 saturated carbocycles. The van der Waals surface area contributed by atoms with Crippen LogP contribution in [0.3, 0.4) is 0 Å². The number of hydrogen-bond donors (Lipinski definition) is 1. The fourth-order valence-corrected chi connectivity index (χ4v) is 2.75. The number of carbonyl (C=O) groups excluding carboxylic acids is 2. The Balaban J connectivity index is 1.51. The van der Waals surface area contributed by atoms with Gasteiger partial charge >= 0.3 is 0 Å². The van der Waals surface area contributed by atoms with E-state index in [4.69, 9.17) is 18.6 Å². The molecule has 3 aromatic rings. The highest BCUT2D eigenvalue weighted by molar-refractivity contribution is 5.95. The first-order valence-corrected chi connectivity index (χ1v) is 9.36. The first-order valence-electron chi connectivity index (χ1n) is 9.36. The molecular formula is C23H23NO6. The largest absolute Gasteiger partial charge is 0.493 e. The van der Waals surface area contributed by atoms with Gasteiger partial charge in [0.15, 0.2) is 23.9 Å². The second kappa shape index (κ2) is 10.3. The van der Waals surface area contributed by atoms with E-state index in [-0.39, 0.29) is 18.3 Å². The van der Waals surface area contributed by atoms with E-state index >= 15 is 0 Å². The molecule has 156 valence electrons. The number of amides is 1. The number of anilines is 1. The summed E-state index contributed by atoms with van der Waals surface area (Å²) in [6.07, 6.45) is 1.60. The predicted octanol–water partition coefficient (Wildman–Crippen LogP) is 4.23. The Hall–Kier alpha value is -3.58. The highest BCUT2D eigenvalue weighted by Crippen LogP contribution is 2.28. The molecule has 2 aromatic carbocycles. The molecule has 3 rings (SSSR count). The van der Waals surface area contributed by atoms with Gasteiger partial charge in [-0.1, -0.05) is 12.1 Å². The van der Waals surface area contributed by atoms with E-state index in [2.05, 4.69) is 5.32 Å². The number of benzene rings is 2. The molecule has 1 heterocycles.